The van der Waals surface area contributed by atoms with Gasteiger partial charge < -0.3 is 5.11 Å². The number of halogens is 3. The average Bonchev–Trinajstić information content (AvgIpc) is 2.40. The van der Waals surface area contributed by atoms with Crippen molar-refractivity contribution in [3.63, 3.8) is 0 Å². The van der Waals surface area contributed by atoms with Crippen molar-refractivity contribution in [2.45, 2.75) is 87.3 Å². The summed E-state index contributed by atoms with van der Waals surface area (Å²) in [5, 5.41) is 8.09. The number of carboxylic acid groups (broad SMARTS) is 1. The summed E-state index contributed by atoms with van der Waals surface area (Å²) in [5.41, 5.74) is 0. The first kappa shape index (κ1) is 20.3. The van der Waals surface area contributed by atoms with Gasteiger partial charge in [0.1, 0.15) is 0 Å². The Hall–Kier alpha value is 0.340. The Kier molecular flexibility index (Phi) is 12.1. The molecule has 1 atom stereocenters. The molecule has 0 aliphatic carbocycles. The molecule has 0 saturated heterocycles. The molecule has 120 valence electrons. The maximum absolute atomic E-state index is 10.8. The monoisotopic (exact) mass is 344 g/mol. The summed E-state index contributed by atoms with van der Waals surface area (Å²) >= 11 is 17.3. The van der Waals surface area contributed by atoms with E-state index in [1.807, 2.05) is 0 Å². The highest BCUT2D eigenvalue weighted by molar-refractivity contribution is 6.60. The summed E-state index contributed by atoms with van der Waals surface area (Å²) in [7, 11) is 0. The minimum absolute atomic E-state index is 0.539. The van der Waals surface area contributed by atoms with Gasteiger partial charge in [-0.05, 0) is 6.42 Å². The molecule has 0 heterocycles. The normalized spacial score (nSPS) is 13.4. The smallest absolute Gasteiger partial charge is 0.341 e. The van der Waals surface area contributed by atoms with Gasteiger partial charge >= 0.3 is 5.97 Å². The van der Waals surface area contributed by atoms with E-state index in [0.717, 1.165) is 12.8 Å². The van der Waals surface area contributed by atoms with Gasteiger partial charge in [0, 0.05) is 0 Å². The van der Waals surface area contributed by atoms with Gasteiger partial charge in [0.05, 0.1) is 5.38 Å². The zero-order valence-electron chi connectivity index (χ0n) is 12.3. The van der Waals surface area contributed by atoms with E-state index in [2.05, 4.69) is 6.92 Å². The molecule has 0 amide bonds. The minimum atomic E-state index is -1.87. The second kappa shape index (κ2) is 11.9. The van der Waals surface area contributed by atoms with Gasteiger partial charge in [-0.25, -0.2) is 4.79 Å². The fourth-order valence-corrected chi connectivity index (χ4v) is 2.59. The molecule has 0 aliphatic rings. The molecule has 0 aromatic carbocycles. The maximum atomic E-state index is 10.8. The van der Waals surface area contributed by atoms with E-state index in [-0.39, 0.29) is 0 Å². The van der Waals surface area contributed by atoms with E-state index in [9.17, 15) is 4.79 Å². The topological polar surface area (TPSA) is 37.3 Å². The van der Waals surface area contributed by atoms with Gasteiger partial charge in [-0.15, -0.1) is 11.6 Å². The fraction of sp³-hybridized carbons (Fsp3) is 0.933. The van der Waals surface area contributed by atoms with Gasteiger partial charge in [0.25, 0.3) is 0 Å². The van der Waals surface area contributed by atoms with Crippen LogP contribution in [-0.4, -0.2) is 20.8 Å². The van der Waals surface area contributed by atoms with Crippen LogP contribution in [0.15, 0.2) is 0 Å². The van der Waals surface area contributed by atoms with Crippen LogP contribution in [0.4, 0.5) is 0 Å². The largest absolute Gasteiger partial charge is 0.479 e. The molecule has 0 bridgehead atoms. The van der Waals surface area contributed by atoms with Crippen LogP contribution in [0.3, 0.4) is 0 Å². The molecule has 0 radical (unpaired) electrons. The number of hydrogen-bond acceptors (Lipinski definition) is 1. The molecule has 0 aromatic heterocycles. The number of unbranched alkanes of at least 4 members (excludes halogenated alkanes) is 9. The van der Waals surface area contributed by atoms with Crippen LogP contribution in [0.2, 0.25) is 0 Å². The maximum Gasteiger partial charge on any atom is 0.341 e. The van der Waals surface area contributed by atoms with Crippen LogP contribution in [0.5, 0.6) is 0 Å². The molecule has 0 saturated carbocycles. The van der Waals surface area contributed by atoms with Crippen LogP contribution >= 0.6 is 34.8 Å². The van der Waals surface area contributed by atoms with E-state index >= 15 is 0 Å². The standard InChI is InChI=1S/C15H27Cl3O2/c1-2-3-4-5-6-7-8-9-10-11-12-13(16)15(17,18)14(19)20/h13H,2-12H2,1H3,(H,19,20). The molecular weight excluding hydrogens is 319 g/mol. The number of carbonyl (C=O) groups is 1. The third-order valence-electron chi connectivity index (χ3n) is 3.49. The van der Waals surface area contributed by atoms with E-state index in [4.69, 9.17) is 39.9 Å². The zero-order valence-corrected chi connectivity index (χ0v) is 14.6. The number of hydrogen-bond donors (Lipinski definition) is 1. The second-order valence-electron chi connectivity index (χ2n) is 5.37. The SMILES string of the molecule is CCCCCCCCCCCCC(Cl)C(Cl)(Cl)C(=O)O. The van der Waals surface area contributed by atoms with Crippen molar-refractivity contribution in [3.05, 3.63) is 0 Å². The molecule has 2 nitrogen and oxygen atoms in total. The van der Waals surface area contributed by atoms with E-state index in [1.54, 1.807) is 0 Å². The molecule has 0 aromatic rings. The van der Waals surface area contributed by atoms with Crippen molar-refractivity contribution < 1.29 is 9.90 Å². The van der Waals surface area contributed by atoms with Crippen molar-refractivity contribution in [2.24, 2.45) is 0 Å². The third-order valence-corrected chi connectivity index (χ3v) is 5.11. The lowest BCUT2D eigenvalue weighted by Gasteiger charge is -2.20. The van der Waals surface area contributed by atoms with Gasteiger partial charge in [-0.1, -0.05) is 94.3 Å². The Morgan fingerprint density at radius 3 is 1.75 bits per heavy atom. The van der Waals surface area contributed by atoms with Crippen molar-refractivity contribution in [1.82, 2.24) is 0 Å². The van der Waals surface area contributed by atoms with Gasteiger partial charge in [0.2, 0.25) is 4.33 Å². The van der Waals surface area contributed by atoms with E-state index in [1.165, 1.54) is 51.4 Å². The molecule has 20 heavy (non-hydrogen) atoms. The van der Waals surface area contributed by atoms with Crippen molar-refractivity contribution in [1.29, 1.82) is 0 Å². The fourth-order valence-electron chi connectivity index (χ4n) is 2.13. The van der Waals surface area contributed by atoms with Crippen molar-refractivity contribution in [2.75, 3.05) is 0 Å². The highest BCUT2D eigenvalue weighted by Gasteiger charge is 2.41. The quantitative estimate of drug-likeness (QED) is 0.320. The van der Waals surface area contributed by atoms with Crippen LogP contribution in [0, 0.1) is 0 Å². The van der Waals surface area contributed by atoms with Gasteiger partial charge in [-0.2, -0.15) is 0 Å². The summed E-state index contributed by atoms with van der Waals surface area (Å²) in [6.45, 7) is 2.23. The number of rotatable bonds is 13. The predicted molar refractivity (Wildman–Crippen MR) is 88.2 cm³/mol. The third kappa shape index (κ3) is 9.31. The molecular formula is C15H27Cl3O2. The highest BCUT2D eigenvalue weighted by atomic mass is 35.5. The second-order valence-corrected chi connectivity index (χ2v) is 7.28. The Morgan fingerprint density at radius 2 is 1.35 bits per heavy atom. The molecule has 0 rings (SSSR count). The van der Waals surface area contributed by atoms with Crippen LogP contribution in [0.25, 0.3) is 0 Å². The summed E-state index contributed by atoms with van der Waals surface area (Å²) < 4.78 is -1.87. The zero-order chi connectivity index (χ0) is 15.4. The summed E-state index contributed by atoms with van der Waals surface area (Å²) in [4.78, 5) is 10.8. The summed E-state index contributed by atoms with van der Waals surface area (Å²) in [5.74, 6) is -1.27. The van der Waals surface area contributed by atoms with Gasteiger partial charge in [-0.3, -0.25) is 0 Å². The van der Waals surface area contributed by atoms with Gasteiger partial charge in [0.15, 0.2) is 0 Å². The van der Waals surface area contributed by atoms with Crippen molar-refractivity contribution >= 4 is 40.8 Å². The number of alkyl halides is 3. The Balaban J connectivity index is 3.42. The first-order valence-corrected chi connectivity index (χ1v) is 8.87. The van der Waals surface area contributed by atoms with Crippen LogP contribution in [-0.2, 0) is 4.79 Å². The molecule has 0 spiro atoms. The first-order chi connectivity index (χ1) is 9.42. The Morgan fingerprint density at radius 1 is 0.950 bits per heavy atom. The summed E-state index contributed by atoms with van der Waals surface area (Å²) in [6.07, 6.45) is 12.8. The molecule has 1 N–H and O–H groups in total. The van der Waals surface area contributed by atoms with Crippen molar-refractivity contribution in [3.8, 4) is 0 Å². The Bertz CT molecular complexity index is 258. The highest BCUT2D eigenvalue weighted by Crippen LogP contribution is 2.33. The molecule has 0 fully saturated rings. The van der Waals surface area contributed by atoms with Crippen LogP contribution < -0.4 is 0 Å². The molecule has 0 aliphatic heterocycles. The lowest BCUT2D eigenvalue weighted by atomic mass is 10.0. The lowest BCUT2D eigenvalue weighted by molar-refractivity contribution is -0.137. The number of aliphatic carboxylic acids is 1. The molecule has 5 heteroatoms. The number of carboxylic acids is 1. The predicted octanol–water partition coefficient (Wildman–Crippen LogP) is 6.16. The molecule has 1 unspecified atom stereocenters. The van der Waals surface area contributed by atoms with E-state index < -0.39 is 15.7 Å². The average molecular weight is 346 g/mol. The first-order valence-electron chi connectivity index (χ1n) is 7.68. The lowest BCUT2D eigenvalue weighted by Crippen LogP contribution is -2.35. The minimum Gasteiger partial charge on any atom is -0.479 e. The summed E-state index contributed by atoms with van der Waals surface area (Å²) in [6, 6.07) is 0. The Labute approximate surface area is 138 Å². The van der Waals surface area contributed by atoms with Crippen LogP contribution in [0.1, 0.15) is 77.6 Å². The van der Waals surface area contributed by atoms with E-state index in [0.29, 0.717) is 6.42 Å².